The number of guanidine groups is 1. The lowest BCUT2D eigenvalue weighted by Gasteiger charge is -2.28. The van der Waals surface area contributed by atoms with Gasteiger partial charge in [0.1, 0.15) is 29.3 Å². The molecule has 1 aliphatic rings. The topological polar surface area (TPSA) is 152 Å². The normalized spacial score (nSPS) is 14.7. The number of benzene rings is 1. The zero-order valence-electron chi connectivity index (χ0n) is 16.6. The Balaban J connectivity index is 2.19. The van der Waals surface area contributed by atoms with Crippen LogP contribution in [0.4, 0.5) is 23.0 Å². The number of nitrogens with two attached hydrogens (primary N) is 2. The van der Waals surface area contributed by atoms with Crippen LogP contribution in [-0.4, -0.2) is 24.0 Å². The molecule has 0 radical (unpaired) electrons. The maximum atomic E-state index is 9.43. The van der Waals surface area contributed by atoms with Gasteiger partial charge in [-0.2, -0.15) is 10.5 Å². The number of aryl methyl sites for hydroxylation is 1. The van der Waals surface area contributed by atoms with Gasteiger partial charge < -0.3 is 21.7 Å². The Kier molecular flexibility index (Phi) is 5.42. The van der Waals surface area contributed by atoms with E-state index in [1.807, 2.05) is 31.3 Å². The SMILES string of the molecule is CCN(CC)c1ccc(C2N=C(NC#N)Nc3nc(N)c(C#N)c(N)c32)c(C)c1. The van der Waals surface area contributed by atoms with E-state index in [9.17, 15) is 5.26 Å². The van der Waals surface area contributed by atoms with Crippen molar-refractivity contribution in [2.24, 2.45) is 4.99 Å². The third-order valence-electron chi connectivity index (χ3n) is 5.03. The lowest BCUT2D eigenvalue weighted by molar-refractivity contribution is 0.832. The minimum absolute atomic E-state index is 0.0295. The summed E-state index contributed by atoms with van der Waals surface area (Å²) >= 11 is 0. The Morgan fingerprint density at radius 3 is 2.55 bits per heavy atom. The Morgan fingerprint density at radius 2 is 1.97 bits per heavy atom. The van der Waals surface area contributed by atoms with E-state index < -0.39 is 6.04 Å². The maximum absolute atomic E-state index is 9.43. The smallest absolute Gasteiger partial charge is 0.211 e. The molecule has 2 aromatic rings. The highest BCUT2D eigenvalue weighted by molar-refractivity contribution is 5.98. The van der Waals surface area contributed by atoms with Crippen LogP contribution in [-0.2, 0) is 0 Å². The predicted octanol–water partition coefficient (Wildman–Crippen LogP) is 2.21. The number of hydrogen-bond donors (Lipinski definition) is 4. The van der Waals surface area contributed by atoms with Crippen LogP contribution in [0.25, 0.3) is 0 Å². The van der Waals surface area contributed by atoms with Crippen molar-refractivity contribution in [1.82, 2.24) is 10.3 Å². The van der Waals surface area contributed by atoms with Gasteiger partial charge in [-0.05, 0) is 44.0 Å². The van der Waals surface area contributed by atoms with E-state index in [2.05, 4.69) is 45.4 Å². The molecule has 0 saturated heterocycles. The summed E-state index contributed by atoms with van der Waals surface area (Å²) in [4.78, 5) is 11.1. The van der Waals surface area contributed by atoms with Crippen molar-refractivity contribution in [2.45, 2.75) is 26.8 Å². The number of hydrogen-bond acceptors (Lipinski definition) is 9. The summed E-state index contributed by atoms with van der Waals surface area (Å²) in [5, 5.41) is 23.9. The molecule has 0 aliphatic carbocycles. The molecule has 2 heterocycles. The number of nitrogen functional groups attached to an aromatic ring is 2. The van der Waals surface area contributed by atoms with Crippen molar-refractivity contribution in [3.63, 3.8) is 0 Å². The quantitative estimate of drug-likeness (QED) is 0.459. The average molecular weight is 389 g/mol. The van der Waals surface area contributed by atoms with E-state index in [1.54, 1.807) is 0 Å². The predicted molar refractivity (Wildman–Crippen MR) is 114 cm³/mol. The zero-order valence-corrected chi connectivity index (χ0v) is 16.6. The van der Waals surface area contributed by atoms with Gasteiger partial charge in [0.2, 0.25) is 5.96 Å². The largest absolute Gasteiger partial charge is 0.397 e. The van der Waals surface area contributed by atoms with E-state index in [1.165, 1.54) is 0 Å². The van der Waals surface area contributed by atoms with Crippen LogP contribution in [0, 0.1) is 29.7 Å². The first-order chi connectivity index (χ1) is 13.9. The van der Waals surface area contributed by atoms with Crippen LogP contribution < -0.4 is 27.0 Å². The number of aliphatic imine (C=N–C) groups is 1. The molecule has 6 N–H and O–H groups in total. The third kappa shape index (κ3) is 3.46. The molecule has 1 aromatic carbocycles. The number of aromatic nitrogens is 1. The van der Waals surface area contributed by atoms with E-state index in [-0.39, 0.29) is 23.0 Å². The monoisotopic (exact) mass is 389 g/mol. The van der Waals surface area contributed by atoms with Crippen LogP contribution >= 0.6 is 0 Å². The van der Waals surface area contributed by atoms with E-state index in [0.29, 0.717) is 11.4 Å². The molecule has 1 unspecified atom stereocenters. The van der Waals surface area contributed by atoms with Gasteiger partial charge >= 0.3 is 0 Å². The number of nitrogens with zero attached hydrogens (tertiary/aromatic N) is 5. The van der Waals surface area contributed by atoms with Crippen LogP contribution in [0.5, 0.6) is 0 Å². The van der Waals surface area contributed by atoms with Gasteiger partial charge in [0.15, 0.2) is 6.19 Å². The fourth-order valence-corrected chi connectivity index (χ4v) is 3.56. The average Bonchev–Trinajstić information content (AvgIpc) is 2.69. The van der Waals surface area contributed by atoms with Gasteiger partial charge in [-0.25, -0.2) is 9.98 Å². The highest BCUT2D eigenvalue weighted by Gasteiger charge is 2.30. The van der Waals surface area contributed by atoms with Crippen LogP contribution in [0.3, 0.4) is 0 Å². The molecule has 9 heteroatoms. The molecule has 0 bridgehead atoms. The summed E-state index contributed by atoms with van der Waals surface area (Å²) in [5.74, 6) is 0.652. The van der Waals surface area contributed by atoms with Crippen LogP contribution in [0.2, 0.25) is 0 Å². The van der Waals surface area contributed by atoms with Gasteiger partial charge in [-0.15, -0.1) is 0 Å². The molecule has 0 fully saturated rings. The zero-order chi connectivity index (χ0) is 21.1. The highest BCUT2D eigenvalue weighted by atomic mass is 15.2. The van der Waals surface area contributed by atoms with Gasteiger partial charge in [0.25, 0.3) is 0 Å². The van der Waals surface area contributed by atoms with Gasteiger partial charge in [-0.3, -0.25) is 5.32 Å². The summed E-state index contributed by atoms with van der Waals surface area (Å²) in [7, 11) is 0. The Morgan fingerprint density at radius 1 is 1.24 bits per heavy atom. The second-order valence-corrected chi connectivity index (χ2v) is 6.62. The van der Waals surface area contributed by atoms with Crippen molar-refractivity contribution in [3.8, 4) is 12.3 Å². The summed E-state index contributed by atoms with van der Waals surface area (Å²) in [6.45, 7) is 8.03. The molecule has 0 amide bonds. The second kappa shape index (κ2) is 7.95. The van der Waals surface area contributed by atoms with Crippen molar-refractivity contribution in [1.29, 1.82) is 10.5 Å². The van der Waals surface area contributed by atoms with Gasteiger partial charge in [0, 0.05) is 24.3 Å². The summed E-state index contributed by atoms with van der Waals surface area (Å²) in [5.41, 5.74) is 16.1. The molecule has 1 aliphatic heterocycles. The van der Waals surface area contributed by atoms with Crippen LogP contribution in [0.15, 0.2) is 23.2 Å². The van der Waals surface area contributed by atoms with Gasteiger partial charge in [-0.1, -0.05) is 6.07 Å². The molecule has 1 atom stereocenters. The lowest BCUT2D eigenvalue weighted by Crippen LogP contribution is -2.33. The molecule has 3 rings (SSSR count). The number of fused-ring (bicyclic) bond motifs is 1. The van der Waals surface area contributed by atoms with E-state index in [4.69, 9.17) is 16.7 Å². The first-order valence-corrected chi connectivity index (χ1v) is 9.29. The van der Waals surface area contributed by atoms with E-state index >= 15 is 0 Å². The Hall–Kier alpha value is -3.98. The summed E-state index contributed by atoms with van der Waals surface area (Å²) in [6.07, 6.45) is 1.85. The fourth-order valence-electron chi connectivity index (χ4n) is 3.56. The molecular weight excluding hydrogens is 366 g/mol. The molecule has 9 nitrogen and oxygen atoms in total. The molecule has 148 valence electrons. The van der Waals surface area contributed by atoms with Gasteiger partial charge in [0.05, 0.1) is 5.69 Å². The summed E-state index contributed by atoms with van der Waals surface area (Å²) < 4.78 is 0. The molecule has 29 heavy (non-hydrogen) atoms. The second-order valence-electron chi connectivity index (χ2n) is 6.62. The number of anilines is 4. The first kappa shape index (κ1) is 19.8. The molecule has 0 saturated carbocycles. The number of nitrogens with one attached hydrogen (secondary N) is 2. The molecule has 1 aromatic heterocycles. The first-order valence-electron chi connectivity index (χ1n) is 9.29. The van der Waals surface area contributed by atoms with Crippen molar-refractivity contribution in [2.75, 3.05) is 34.8 Å². The van der Waals surface area contributed by atoms with Crippen LogP contribution in [0.1, 0.15) is 42.1 Å². The number of pyridine rings is 1. The summed E-state index contributed by atoms with van der Waals surface area (Å²) in [6, 6.07) is 7.61. The van der Waals surface area contributed by atoms with Crippen molar-refractivity contribution >= 4 is 29.0 Å². The minimum atomic E-state index is -0.534. The fraction of sp³-hybridized carbons (Fsp3) is 0.300. The molecule has 0 spiro atoms. The van der Waals surface area contributed by atoms with Crippen molar-refractivity contribution in [3.05, 3.63) is 40.5 Å². The number of nitriles is 2. The maximum Gasteiger partial charge on any atom is 0.211 e. The van der Waals surface area contributed by atoms with Crippen molar-refractivity contribution < 1.29 is 0 Å². The highest BCUT2D eigenvalue weighted by Crippen LogP contribution is 2.41. The van der Waals surface area contributed by atoms with E-state index in [0.717, 1.165) is 29.9 Å². The minimum Gasteiger partial charge on any atom is -0.397 e. The Bertz CT molecular complexity index is 1060. The third-order valence-corrected chi connectivity index (χ3v) is 5.03. The standard InChI is InChI=1S/C20H23N9/c1-4-29(5-2)12-6-7-13(11(3)8-12)17-15-16(23)14(9-21)18(24)27-19(15)28-20(26-17)25-10-22/h6-8,17H,4-5H2,1-3H3,(H6,23,24,25,26,27,28). The molecular formula is C20H23N9. The Labute approximate surface area is 169 Å². The lowest BCUT2D eigenvalue weighted by atomic mass is 9.92. The number of rotatable bonds is 4.